The molecule has 5 fully saturated rings. The maximum absolute atomic E-state index is 14.1. The molecule has 12 nitrogen and oxygen atoms in total. The quantitative estimate of drug-likeness (QED) is 0.145. The van der Waals surface area contributed by atoms with E-state index >= 15 is 0 Å². The number of carbonyl (C=O) groups is 3. The van der Waals surface area contributed by atoms with Crippen LogP contribution in [0.1, 0.15) is 125 Å². The Morgan fingerprint density at radius 1 is 0.789 bits per heavy atom. The number of imidazole rings is 2. The van der Waals surface area contributed by atoms with E-state index in [-0.39, 0.29) is 46.7 Å². The summed E-state index contributed by atoms with van der Waals surface area (Å²) in [6.07, 6.45) is 13.7. The number of nitrogens with zero attached hydrogens (tertiary/aromatic N) is 5. The van der Waals surface area contributed by atoms with Crippen LogP contribution in [0, 0.1) is 5.92 Å². The van der Waals surface area contributed by atoms with Crippen LogP contribution in [-0.4, -0.2) is 92.9 Å². The Morgan fingerprint density at radius 3 is 1.96 bits per heavy atom. The summed E-state index contributed by atoms with van der Waals surface area (Å²) < 4.78 is 4.79. The fourth-order valence-corrected chi connectivity index (χ4v) is 10.4. The molecule has 3 saturated carbocycles. The number of aromatic nitrogens is 4. The lowest BCUT2D eigenvalue weighted by Gasteiger charge is -2.53. The van der Waals surface area contributed by atoms with Crippen molar-refractivity contribution in [2.24, 2.45) is 5.92 Å². The number of hydrogen-bond donors (Lipinski definition) is 3. The van der Waals surface area contributed by atoms with Crippen LogP contribution in [0.15, 0.2) is 67.0 Å². The van der Waals surface area contributed by atoms with Gasteiger partial charge in [0.2, 0.25) is 11.8 Å². The van der Waals surface area contributed by atoms with Crippen molar-refractivity contribution in [1.82, 2.24) is 40.0 Å². The summed E-state index contributed by atoms with van der Waals surface area (Å²) >= 11 is 0. The average molecular weight is 775 g/mol. The number of likely N-dealkylation sites (tertiary alicyclic amines) is 2. The molecule has 3 N–H and O–H groups in total. The lowest BCUT2D eigenvalue weighted by molar-refractivity contribution is -0.137. The molecule has 2 aromatic heterocycles. The Kier molecular flexibility index (Phi) is 10.7. The Labute approximate surface area is 336 Å². The van der Waals surface area contributed by atoms with E-state index in [0.29, 0.717) is 6.54 Å². The summed E-state index contributed by atoms with van der Waals surface area (Å²) in [6, 6.07) is 17.9. The molecule has 2 aromatic carbocycles. The molecule has 9 rings (SSSR count). The highest BCUT2D eigenvalue weighted by Gasteiger charge is 2.51. The van der Waals surface area contributed by atoms with Crippen LogP contribution in [0.3, 0.4) is 0 Å². The molecule has 2 aliphatic heterocycles. The number of ether oxygens (including phenoxy) is 1. The molecule has 5 aliphatic rings. The smallest absolute Gasteiger partial charge is 0.407 e. The molecule has 0 radical (unpaired) electrons. The highest BCUT2D eigenvalue weighted by atomic mass is 16.5. The van der Waals surface area contributed by atoms with Gasteiger partial charge in [-0.15, -0.1) is 0 Å². The number of nitrogens with one attached hydrogen (secondary N) is 3. The zero-order chi connectivity index (χ0) is 39.9. The van der Waals surface area contributed by atoms with E-state index in [1.54, 1.807) is 0 Å². The number of likely N-dealkylation sites (N-methyl/N-ethyl adjacent to an activating group) is 1. The van der Waals surface area contributed by atoms with Crippen molar-refractivity contribution in [3.8, 4) is 11.3 Å². The molecule has 4 atom stereocenters. The van der Waals surface area contributed by atoms with Crippen molar-refractivity contribution < 1.29 is 19.1 Å². The SMILES string of the molecule is COC(=O)NC(C(=O)N1CCCC1c1ncc(-c2ccc(C34CCC(c5cnc(C6CCCN6C(=O)C(c6ccccc6)N(C)C)[nH]5)(CC3)CC4)cc2)[nH]1)C(C)C. The summed E-state index contributed by atoms with van der Waals surface area (Å²) in [7, 11) is 5.27. The molecular formula is C45H58N8O4. The van der Waals surface area contributed by atoms with Gasteiger partial charge in [-0.2, -0.15) is 0 Å². The molecule has 4 aromatic rings. The fraction of sp³-hybridized carbons (Fsp3) is 0.533. The molecule has 12 heteroatoms. The molecule has 0 spiro atoms. The van der Waals surface area contributed by atoms with Crippen molar-refractivity contribution in [3.05, 3.63) is 95.5 Å². The number of rotatable bonds is 11. The molecule has 3 amide bonds. The average Bonchev–Trinajstić information content (AvgIpc) is 4.07. The lowest BCUT2D eigenvalue weighted by atomic mass is 9.51. The minimum atomic E-state index is -0.664. The second kappa shape index (κ2) is 15.8. The summed E-state index contributed by atoms with van der Waals surface area (Å²) in [6.45, 7) is 5.22. The van der Waals surface area contributed by atoms with Gasteiger partial charge in [-0.25, -0.2) is 14.8 Å². The molecule has 2 bridgehead atoms. The van der Waals surface area contributed by atoms with Crippen LogP contribution in [0.2, 0.25) is 0 Å². The monoisotopic (exact) mass is 774 g/mol. The van der Waals surface area contributed by atoms with Gasteiger partial charge in [0.05, 0.1) is 31.1 Å². The van der Waals surface area contributed by atoms with E-state index in [0.717, 1.165) is 99.2 Å². The van der Waals surface area contributed by atoms with Crippen LogP contribution < -0.4 is 5.32 Å². The number of carbonyl (C=O) groups excluding carboxylic acids is 3. The van der Waals surface area contributed by atoms with Crippen molar-refractivity contribution in [2.75, 3.05) is 34.3 Å². The Bertz CT molecular complexity index is 2030. The van der Waals surface area contributed by atoms with Crippen LogP contribution in [0.5, 0.6) is 0 Å². The van der Waals surface area contributed by atoms with Crippen LogP contribution in [0.4, 0.5) is 4.79 Å². The number of alkyl carbamates (subject to hydrolysis) is 1. The topological polar surface area (TPSA) is 140 Å². The Morgan fingerprint density at radius 2 is 1.37 bits per heavy atom. The second-order valence-corrected chi connectivity index (χ2v) is 17.5. The standard InChI is InChI=1S/C45H58N8O4/c1-29(2)37(50-43(56)57-5)41(54)52-25-9-13-34(52)39-46-27-33(48-39)30-15-17-32(18-16-30)44-19-22-45(23-20-44,24-21-44)36-28-47-40(49-36)35-14-10-26-53(35)42(55)38(51(3)4)31-11-7-6-8-12-31/h6-8,11-12,15-18,27-29,34-35,37-38H,9-10,13-14,19-26H2,1-5H3,(H,46,48)(H,47,49)(H,50,56). The summed E-state index contributed by atoms with van der Waals surface area (Å²) in [5.41, 5.74) is 5.94. The van der Waals surface area contributed by atoms with Crippen LogP contribution >= 0.6 is 0 Å². The Balaban J connectivity index is 0.917. The molecule has 2 saturated heterocycles. The number of hydrogen-bond acceptors (Lipinski definition) is 7. The molecule has 4 unspecified atom stereocenters. The number of H-pyrrole nitrogens is 2. The van der Waals surface area contributed by atoms with Crippen molar-refractivity contribution in [3.63, 3.8) is 0 Å². The van der Waals surface area contributed by atoms with E-state index < -0.39 is 12.1 Å². The fourth-order valence-electron chi connectivity index (χ4n) is 10.4. The minimum absolute atomic E-state index is 0.0308. The van der Waals surface area contributed by atoms with Crippen LogP contribution in [0.25, 0.3) is 11.3 Å². The van der Waals surface area contributed by atoms with Crippen molar-refractivity contribution in [1.29, 1.82) is 0 Å². The largest absolute Gasteiger partial charge is 0.453 e. The predicted octanol–water partition coefficient (Wildman–Crippen LogP) is 7.35. The van der Waals surface area contributed by atoms with Gasteiger partial charge in [0.15, 0.2) is 0 Å². The first-order valence-electron chi connectivity index (χ1n) is 20.9. The summed E-state index contributed by atoms with van der Waals surface area (Å²) in [5.74, 6) is 1.65. The van der Waals surface area contributed by atoms with Crippen molar-refractivity contribution in [2.45, 2.75) is 113 Å². The van der Waals surface area contributed by atoms with Gasteiger partial charge in [-0.3, -0.25) is 14.5 Å². The zero-order valence-electron chi connectivity index (χ0n) is 34.1. The van der Waals surface area contributed by atoms with E-state index in [1.165, 1.54) is 18.4 Å². The lowest BCUT2D eigenvalue weighted by Crippen LogP contribution is -2.51. The van der Waals surface area contributed by atoms with E-state index in [4.69, 9.17) is 14.7 Å². The number of fused-ring (bicyclic) bond motifs is 3. The normalized spacial score (nSPS) is 25.6. The highest BCUT2D eigenvalue weighted by molar-refractivity contribution is 5.86. The number of amides is 3. The number of benzene rings is 2. The predicted molar refractivity (Wildman–Crippen MR) is 218 cm³/mol. The maximum atomic E-state index is 14.1. The van der Waals surface area contributed by atoms with Gasteiger partial charge in [0.25, 0.3) is 0 Å². The molecule has 3 aliphatic carbocycles. The van der Waals surface area contributed by atoms with Gasteiger partial charge in [0, 0.05) is 30.4 Å². The molecule has 57 heavy (non-hydrogen) atoms. The summed E-state index contributed by atoms with van der Waals surface area (Å²) in [4.78, 5) is 62.6. The third kappa shape index (κ3) is 7.26. The Hall–Kier alpha value is -4.97. The number of methoxy groups -OCH3 is 1. The third-order valence-corrected chi connectivity index (χ3v) is 13.8. The molecular weight excluding hydrogens is 717 g/mol. The molecule has 302 valence electrons. The van der Waals surface area contributed by atoms with E-state index in [1.807, 2.05) is 74.3 Å². The second-order valence-electron chi connectivity index (χ2n) is 17.5. The van der Waals surface area contributed by atoms with E-state index in [9.17, 15) is 14.4 Å². The van der Waals surface area contributed by atoms with Crippen molar-refractivity contribution >= 4 is 17.9 Å². The number of aromatic amines is 2. The summed E-state index contributed by atoms with van der Waals surface area (Å²) in [5, 5.41) is 2.73. The van der Waals surface area contributed by atoms with Gasteiger partial charge < -0.3 is 29.8 Å². The zero-order valence-corrected chi connectivity index (χ0v) is 34.1. The van der Waals surface area contributed by atoms with Gasteiger partial charge in [0.1, 0.15) is 23.7 Å². The maximum Gasteiger partial charge on any atom is 0.407 e. The first kappa shape index (κ1) is 38.9. The van der Waals surface area contributed by atoms with E-state index in [2.05, 4.69) is 50.6 Å². The minimum Gasteiger partial charge on any atom is -0.453 e. The first-order chi connectivity index (χ1) is 27.5. The highest BCUT2D eigenvalue weighted by Crippen LogP contribution is 2.58. The molecule has 4 heterocycles. The van der Waals surface area contributed by atoms with Gasteiger partial charge >= 0.3 is 6.09 Å². The third-order valence-electron chi connectivity index (χ3n) is 13.8. The first-order valence-corrected chi connectivity index (χ1v) is 20.9. The van der Waals surface area contributed by atoms with Gasteiger partial charge in [-0.05, 0) is 106 Å². The van der Waals surface area contributed by atoms with Gasteiger partial charge in [-0.1, -0.05) is 68.4 Å². The van der Waals surface area contributed by atoms with Crippen LogP contribution in [-0.2, 0) is 25.2 Å².